The van der Waals surface area contributed by atoms with Crippen LogP contribution in [0.3, 0.4) is 0 Å². The summed E-state index contributed by atoms with van der Waals surface area (Å²) in [5.41, 5.74) is 2.17. The molecule has 0 aromatic heterocycles. The van der Waals surface area contributed by atoms with Crippen LogP contribution in [0, 0.1) is 11.8 Å². The lowest BCUT2D eigenvalue weighted by atomic mass is 9.81. The van der Waals surface area contributed by atoms with Crippen LogP contribution in [0.1, 0.15) is 90.4 Å². The molecule has 0 aromatic carbocycles. The SMILES string of the molecule is C=C1CC2CCC34CC5OC6C(OC7CCC(CC(=O)CC8C(CC9OC(CCC1O2)CC(C)C9=C)OC(CC(O)CO)C8OC)OC7C6O3)C5O4.O=CC(O)C(O)C(O)CO. The van der Waals surface area contributed by atoms with E-state index in [4.69, 9.17) is 63.1 Å². The first-order valence-corrected chi connectivity index (χ1v) is 22.8. The van der Waals surface area contributed by atoms with E-state index in [1.807, 2.05) is 0 Å². The maximum atomic E-state index is 14.0. The van der Waals surface area contributed by atoms with Gasteiger partial charge in [-0.15, -0.1) is 0 Å². The number of ether oxygens (including phenoxy) is 9. The fourth-order valence-electron chi connectivity index (χ4n) is 11.7. The van der Waals surface area contributed by atoms with E-state index >= 15 is 0 Å². The van der Waals surface area contributed by atoms with Gasteiger partial charge in [-0.3, -0.25) is 4.79 Å². The van der Waals surface area contributed by atoms with Crippen LogP contribution in [-0.2, 0) is 52.2 Å². The highest BCUT2D eigenvalue weighted by atomic mass is 16.8. The number of ketones is 1. The number of fused-ring (bicyclic) bond motifs is 6. The molecule has 0 radical (unpaired) electrons. The van der Waals surface area contributed by atoms with Crippen molar-refractivity contribution in [1.82, 2.24) is 0 Å². The Morgan fingerprint density at radius 3 is 2.21 bits per heavy atom. The fraction of sp³-hybridized carbons (Fsp3) is 0.867. The van der Waals surface area contributed by atoms with Crippen molar-refractivity contribution in [2.45, 2.75) is 212 Å². The maximum Gasteiger partial charge on any atom is 0.172 e. The van der Waals surface area contributed by atoms with Crippen molar-refractivity contribution in [1.29, 1.82) is 0 Å². The number of aliphatic hydroxyl groups is 6. The molecule has 22 unspecified atom stereocenters. The molecule has 10 aliphatic heterocycles. The molecule has 10 aliphatic rings. The molecule has 1 spiro atoms. The molecule has 350 valence electrons. The van der Waals surface area contributed by atoms with E-state index in [-0.39, 0.29) is 129 Å². The summed E-state index contributed by atoms with van der Waals surface area (Å²) in [4.78, 5) is 23.8. The number of methoxy groups -OCH3 is 1. The van der Waals surface area contributed by atoms with Crippen molar-refractivity contribution >= 4 is 12.1 Å². The molecule has 22 atom stereocenters. The molecule has 10 rings (SSSR count). The molecule has 0 aromatic rings. The van der Waals surface area contributed by atoms with Crippen LogP contribution in [0.4, 0.5) is 0 Å². The van der Waals surface area contributed by atoms with E-state index in [0.29, 0.717) is 25.7 Å². The van der Waals surface area contributed by atoms with Gasteiger partial charge in [0.15, 0.2) is 12.1 Å². The second-order valence-electron chi connectivity index (χ2n) is 19.2. The quantitative estimate of drug-likeness (QED) is 0.146. The zero-order chi connectivity index (χ0) is 44.0. The van der Waals surface area contributed by atoms with Crippen molar-refractivity contribution in [3.05, 3.63) is 24.3 Å². The Labute approximate surface area is 362 Å². The molecule has 0 saturated carbocycles. The molecule has 0 aliphatic carbocycles. The van der Waals surface area contributed by atoms with Gasteiger partial charge >= 0.3 is 0 Å². The molecule has 6 N–H and O–H groups in total. The normalized spacial score (nSPS) is 47.1. The first-order valence-electron chi connectivity index (χ1n) is 22.8. The molecule has 10 saturated heterocycles. The van der Waals surface area contributed by atoms with Gasteiger partial charge in [0.2, 0.25) is 0 Å². The van der Waals surface area contributed by atoms with Crippen molar-refractivity contribution in [2.75, 3.05) is 20.3 Å². The molecule has 10 heterocycles. The second-order valence-corrected chi connectivity index (χ2v) is 19.2. The van der Waals surface area contributed by atoms with Crippen LogP contribution >= 0.6 is 0 Å². The molecule has 62 heavy (non-hydrogen) atoms. The lowest BCUT2D eigenvalue weighted by molar-refractivity contribution is -0.292. The first-order chi connectivity index (χ1) is 29.7. The Balaban J connectivity index is 0.000000473. The van der Waals surface area contributed by atoms with Crippen LogP contribution in [0.25, 0.3) is 0 Å². The third kappa shape index (κ3) is 9.56. The molecule has 0 amide bonds. The molecule has 17 nitrogen and oxygen atoms in total. The Hall–Kier alpha value is -1.78. The van der Waals surface area contributed by atoms with Crippen LogP contribution in [0.15, 0.2) is 24.3 Å². The standard InChI is InChI=1S/C40H58O12.C5H10O5/c1-19-11-24-5-7-28-20(2)12-26(45-28)9-10-40-17-33-36(51-40)37-38(50-33)39(52-40)35-29(49-37)8-6-25(47-35)13-22(42)14-27-31(16-30(46-24)21(19)3)48-32(34(27)44-4)15-23(43)18-41;6-1-3(8)5(10)4(9)2-7/h19,23-39,41,43H,2-3,5-18H2,1,4H3;1,3-5,7-10H,2H2. The Morgan fingerprint density at radius 2 is 1.47 bits per heavy atom. The fourth-order valence-corrected chi connectivity index (χ4v) is 11.7. The van der Waals surface area contributed by atoms with Gasteiger partial charge < -0.3 is 78.1 Å². The Morgan fingerprint density at radius 1 is 0.758 bits per heavy atom. The van der Waals surface area contributed by atoms with Gasteiger partial charge in [0.05, 0.1) is 80.4 Å². The average Bonchev–Trinajstić information content (AvgIpc) is 3.94. The minimum Gasteiger partial charge on any atom is -0.394 e. The van der Waals surface area contributed by atoms with Gasteiger partial charge in [0, 0.05) is 51.6 Å². The lowest BCUT2D eigenvalue weighted by Crippen LogP contribution is -2.61. The minimum absolute atomic E-state index is 0.0260. The zero-order valence-corrected chi connectivity index (χ0v) is 35.9. The van der Waals surface area contributed by atoms with Crippen molar-refractivity contribution in [3.63, 3.8) is 0 Å². The van der Waals surface area contributed by atoms with E-state index in [9.17, 15) is 19.8 Å². The zero-order valence-electron chi connectivity index (χ0n) is 35.9. The van der Waals surface area contributed by atoms with Crippen molar-refractivity contribution in [3.8, 4) is 0 Å². The predicted molar refractivity (Wildman–Crippen MR) is 215 cm³/mol. The highest BCUT2D eigenvalue weighted by Gasteiger charge is 2.68. The summed E-state index contributed by atoms with van der Waals surface area (Å²) in [6, 6.07) is 0. The Kier molecular flexibility index (Phi) is 14.8. The number of aldehydes is 1. The largest absolute Gasteiger partial charge is 0.394 e. The van der Waals surface area contributed by atoms with Crippen molar-refractivity contribution in [2.24, 2.45) is 11.8 Å². The van der Waals surface area contributed by atoms with Crippen LogP contribution in [-0.4, -0.2) is 185 Å². The number of hydrogen-bond donors (Lipinski definition) is 6. The third-order valence-electron chi connectivity index (χ3n) is 15.0. The van der Waals surface area contributed by atoms with Crippen LogP contribution in [0.2, 0.25) is 0 Å². The van der Waals surface area contributed by atoms with Crippen LogP contribution < -0.4 is 0 Å². The van der Waals surface area contributed by atoms with E-state index in [2.05, 4.69) is 20.1 Å². The predicted octanol–water partition coefficient (Wildman–Crippen LogP) is 0.732. The number of carbonyl (C=O) groups excluding carboxylic acids is 2. The first kappa shape index (κ1) is 46.7. The monoisotopic (exact) mass is 880 g/mol. The summed E-state index contributed by atoms with van der Waals surface area (Å²) in [7, 11) is 1.63. The number of carbonyl (C=O) groups is 2. The molecule has 10 fully saturated rings. The molecular weight excluding hydrogens is 812 g/mol. The number of hydrogen-bond acceptors (Lipinski definition) is 17. The maximum absolute atomic E-state index is 14.0. The smallest absolute Gasteiger partial charge is 0.172 e. The minimum atomic E-state index is -1.64. The summed E-state index contributed by atoms with van der Waals surface area (Å²) in [5, 5.41) is 54.1. The summed E-state index contributed by atoms with van der Waals surface area (Å²) in [5.74, 6) is -0.709. The van der Waals surface area contributed by atoms with Crippen LogP contribution in [0.5, 0.6) is 0 Å². The summed E-state index contributed by atoms with van der Waals surface area (Å²) in [6.45, 7) is 10.0. The van der Waals surface area contributed by atoms with Gasteiger partial charge in [0.25, 0.3) is 0 Å². The molecular formula is C45H68O17. The van der Waals surface area contributed by atoms with Gasteiger partial charge in [-0.2, -0.15) is 0 Å². The third-order valence-corrected chi connectivity index (χ3v) is 15.0. The van der Waals surface area contributed by atoms with E-state index in [0.717, 1.165) is 49.7 Å². The lowest BCUT2D eigenvalue weighted by Gasteiger charge is -2.47. The highest BCUT2D eigenvalue weighted by Crippen LogP contribution is 2.54. The Bertz CT molecular complexity index is 1600. The molecule has 12 bridgehead atoms. The number of Topliss-reactive ketones (excluding diaryl/α,β-unsaturated/α-hetero) is 1. The summed E-state index contributed by atoms with van der Waals surface area (Å²) >= 11 is 0. The van der Waals surface area contributed by atoms with E-state index < -0.39 is 49.0 Å². The highest BCUT2D eigenvalue weighted by molar-refractivity contribution is 5.79. The second kappa shape index (κ2) is 19.6. The van der Waals surface area contributed by atoms with Gasteiger partial charge in [-0.25, -0.2) is 0 Å². The topological polar surface area (TPSA) is 239 Å². The van der Waals surface area contributed by atoms with Gasteiger partial charge in [0.1, 0.15) is 54.6 Å². The van der Waals surface area contributed by atoms with E-state index in [1.54, 1.807) is 7.11 Å². The molecule has 17 heteroatoms. The summed E-state index contributed by atoms with van der Waals surface area (Å²) in [6.07, 6.45) is -0.618. The number of aliphatic hydroxyl groups excluding tert-OH is 6. The van der Waals surface area contributed by atoms with Gasteiger partial charge in [-0.1, -0.05) is 20.1 Å². The summed E-state index contributed by atoms with van der Waals surface area (Å²) < 4.78 is 59.8. The van der Waals surface area contributed by atoms with Crippen molar-refractivity contribution < 1.29 is 82.9 Å². The van der Waals surface area contributed by atoms with E-state index in [1.165, 1.54) is 0 Å². The number of rotatable bonds is 8. The van der Waals surface area contributed by atoms with Gasteiger partial charge in [-0.05, 0) is 62.0 Å². The average molecular weight is 881 g/mol.